The molecule has 0 aliphatic carbocycles. The summed E-state index contributed by atoms with van der Waals surface area (Å²) < 4.78 is 74.1. The molecule has 0 radical (unpaired) electrons. The van der Waals surface area contributed by atoms with Crippen LogP contribution in [0.4, 0.5) is 24.5 Å². The first-order valence-corrected chi connectivity index (χ1v) is 10.8. The maximum absolute atomic E-state index is 12.7. The van der Waals surface area contributed by atoms with Crippen molar-refractivity contribution in [1.29, 1.82) is 0 Å². The smallest absolute Gasteiger partial charge is 0.422 e. The Hall–Kier alpha value is -3.91. The van der Waals surface area contributed by atoms with Gasteiger partial charge in [0.2, 0.25) is 10.0 Å². The molecule has 0 atom stereocenters. The molecule has 3 aromatic rings. The molecule has 1 amide bonds. The summed E-state index contributed by atoms with van der Waals surface area (Å²) in [5.74, 6) is -1.10. The fourth-order valence-corrected chi connectivity index (χ4v) is 3.75. The molecule has 0 unspecified atom stereocenters. The van der Waals surface area contributed by atoms with Gasteiger partial charge in [-0.15, -0.1) is 0 Å². The Morgan fingerprint density at radius 2 is 1.88 bits per heavy atom. The largest absolute Gasteiger partial charge is 0.484 e. The number of alkyl halides is 3. The first-order valence-electron chi connectivity index (χ1n) is 9.36. The van der Waals surface area contributed by atoms with E-state index < -0.39 is 50.6 Å². The van der Waals surface area contributed by atoms with Gasteiger partial charge in [-0.25, -0.2) is 13.1 Å². The number of amides is 1. The van der Waals surface area contributed by atoms with Crippen LogP contribution < -0.4 is 14.8 Å². The van der Waals surface area contributed by atoms with Crippen LogP contribution in [0.1, 0.15) is 16.1 Å². The van der Waals surface area contributed by atoms with Crippen molar-refractivity contribution in [3.8, 4) is 5.75 Å². The maximum atomic E-state index is 12.7. The molecule has 0 aliphatic rings. The number of rotatable bonds is 9. The van der Waals surface area contributed by atoms with E-state index in [0.717, 1.165) is 24.3 Å². The average Bonchev–Trinajstić information content (AvgIpc) is 3.29. The zero-order chi connectivity index (χ0) is 24.9. The van der Waals surface area contributed by atoms with E-state index in [2.05, 4.69) is 14.8 Å². The minimum absolute atomic E-state index is 0.0261. The number of nitrogens with one attached hydrogen (secondary N) is 2. The third-order valence-electron chi connectivity index (χ3n) is 4.23. The van der Waals surface area contributed by atoms with Crippen LogP contribution in [0.15, 0.2) is 70.2 Å². The number of sulfonamides is 1. The van der Waals surface area contributed by atoms with Crippen LogP contribution in [0, 0.1) is 10.1 Å². The molecule has 2 N–H and O–H groups in total. The van der Waals surface area contributed by atoms with Crippen LogP contribution in [-0.4, -0.2) is 32.0 Å². The third-order valence-corrected chi connectivity index (χ3v) is 5.63. The first-order chi connectivity index (χ1) is 15.9. The highest BCUT2D eigenvalue weighted by Gasteiger charge is 2.29. The number of nitrogens with zero attached hydrogens (tertiary/aromatic N) is 1. The van der Waals surface area contributed by atoms with Crippen LogP contribution in [0.3, 0.4) is 0 Å². The van der Waals surface area contributed by atoms with Gasteiger partial charge in [0.05, 0.1) is 22.6 Å². The summed E-state index contributed by atoms with van der Waals surface area (Å²) in [6, 6.07) is 10.7. The standard InChI is InChI=1S/C20H16F3N3O7S/c21-20(22,23)12-33-14-6-7-18(26(28)29)17(10-14)19(27)25-13-3-1-5-16(9-13)34(30,31)24-11-15-4-2-8-32-15/h1-10,24H,11-12H2,(H,25,27). The number of benzene rings is 2. The Balaban J connectivity index is 1.80. The predicted molar refractivity (Wildman–Crippen MR) is 112 cm³/mol. The van der Waals surface area contributed by atoms with E-state index in [1.54, 1.807) is 12.1 Å². The van der Waals surface area contributed by atoms with Crippen molar-refractivity contribution in [2.24, 2.45) is 0 Å². The number of nitro groups is 1. The summed E-state index contributed by atoms with van der Waals surface area (Å²) in [6.45, 7) is -1.78. The van der Waals surface area contributed by atoms with E-state index in [1.165, 1.54) is 24.5 Å². The molecule has 0 spiro atoms. The monoisotopic (exact) mass is 499 g/mol. The average molecular weight is 499 g/mol. The normalized spacial score (nSPS) is 11.7. The lowest BCUT2D eigenvalue weighted by molar-refractivity contribution is -0.385. The van der Waals surface area contributed by atoms with Crippen LogP contribution in [-0.2, 0) is 16.6 Å². The van der Waals surface area contributed by atoms with Crippen LogP contribution in [0.5, 0.6) is 5.75 Å². The Labute approximate surface area is 190 Å². The van der Waals surface area contributed by atoms with Gasteiger partial charge in [0.1, 0.15) is 17.1 Å². The van der Waals surface area contributed by atoms with Crippen molar-refractivity contribution in [2.45, 2.75) is 17.6 Å². The van der Waals surface area contributed by atoms with Crippen molar-refractivity contribution in [2.75, 3.05) is 11.9 Å². The molecule has 0 saturated heterocycles. The number of furan rings is 1. The van der Waals surface area contributed by atoms with Gasteiger partial charge in [-0.1, -0.05) is 6.07 Å². The summed E-state index contributed by atoms with van der Waals surface area (Å²) in [7, 11) is -4.01. The molecular weight excluding hydrogens is 483 g/mol. The highest BCUT2D eigenvalue weighted by atomic mass is 32.2. The molecule has 34 heavy (non-hydrogen) atoms. The van der Waals surface area contributed by atoms with Gasteiger partial charge in [0.15, 0.2) is 6.61 Å². The fourth-order valence-electron chi connectivity index (χ4n) is 2.71. The Kier molecular flexibility index (Phi) is 7.22. The zero-order valence-corrected chi connectivity index (χ0v) is 17.9. The molecule has 0 bridgehead atoms. The predicted octanol–water partition coefficient (Wildman–Crippen LogP) is 3.86. The second-order valence-electron chi connectivity index (χ2n) is 6.73. The minimum Gasteiger partial charge on any atom is -0.484 e. The van der Waals surface area contributed by atoms with Crippen molar-refractivity contribution in [3.63, 3.8) is 0 Å². The molecule has 1 heterocycles. The SMILES string of the molecule is O=C(Nc1cccc(S(=O)(=O)NCc2ccco2)c1)c1cc(OCC(F)(F)F)ccc1[N+](=O)[O-]. The van der Waals surface area contributed by atoms with E-state index in [4.69, 9.17) is 4.42 Å². The van der Waals surface area contributed by atoms with Crippen LogP contribution in [0.2, 0.25) is 0 Å². The quantitative estimate of drug-likeness (QED) is 0.336. The number of hydrogen-bond acceptors (Lipinski definition) is 7. The summed E-state index contributed by atoms with van der Waals surface area (Å²) >= 11 is 0. The van der Waals surface area contributed by atoms with Gasteiger partial charge >= 0.3 is 6.18 Å². The Bertz CT molecular complexity index is 1290. The van der Waals surface area contributed by atoms with E-state index in [-0.39, 0.29) is 17.1 Å². The number of halogens is 3. The molecule has 10 nitrogen and oxygen atoms in total. The number of carbonyl (C=O) groups is 1. The van der Waals surface area contributed by atoms with Crippen molar-refractivity contribution < 1.29 is 40.5 Å². The van der Waals surface area contributed by atoms with Gasteiger partial charge in [0, 0.05) is 11.8 Å². The lowest BCUT2D eigenvalue weighted by Crippen LogP contribution is -2.23. The zero-order valence-electron chi connectivity index (χ0n) is 17.0. The van der Waals surface area contributed by atoms with E-state index in [1.807, 2.05) is 0 Å². The summed E-state index contributed by atoms with van der Waals surface area (Å²) in [5.41, 5.74) is -1.28. The topological polar surface area (TPSA) is 141 Å². The highest BCUT2D eigenvalue weighted by molar-refractivity contribution is 7.89. The molecule has 2 aromatic carbocycles. The van der Waals surface area contributed by atoms with Gasteiger partial charge in [-0.2, -0.15) is 13.2 Å². The van der Waals surface area contributed by atoms with Gasteiger partial charge in [-0.05, 0) is 42.5 Å². The van der Waals surface area contributed by atoms with Gasteiger partial charge in [0.25, 0.3) is 11.6 Å². The second kappa shape index (κ2) is 9.93. The van der Waals surface area contributed by atoms with Crippen LogP contribution >= 0.6 is 0 Å². The number of nitro benzene ring substituents is 1. The molecule has 3 rings (SSSR count). The second-order valence-corrected chi connectivity index (χ2v) is 8.49. The van der Waals surface area contributed by atoms with E-state index in [9.17, 15) is 36.5 Å². The molecular formula is C20H16F3N3O7S. The summed E-state index contributed by atoms with van der Waals surface area (Å²) in [6.07, 6.45) is -3.27. The first kappa shape index (κ1) is 24.7. The third kappa shape index (κ3) is 6.55. The fraction of sp³-hybridized carbons (Fsp3) is 0.150. The van der Waals surface area contributed by atoms with E-state index >= 15 is 0 Å². The van der Waals surface area contributed by atoms with E-state index in [0.29, 0.717) is 5.76 Å². The van der Waals surface area contributed by atoms with Gasteiger partial charge < -0.3 is 14.5 Å². The molecule has 14 heteroatoms. The van der Waals surface area contributed by atoms with Crippen molar-refractivity contribution in [1.82, 2.24) is 4.72 Å². The number of hydrogen-bond donors (Lipinski definition) is 2. The lowest BCUT2D eigenvalue weighted by atomic mass is 10.1. The Morgan fingerprint density at radius 1 is 1.12 bits per heavy atom. The molecule has 180 valence electrons. The minimum atomic E-state index is -4.65. The number of carbonyl (C=O) groups excluding carboxylic acids is 1. The maximum Gasteiger partial charge on any atom is 0.422 e. The van der Waals surface area contributed by atoms with Crippen molar-refractivity contribution in [3.05, 3.63) is 82.3 Å². The lowest BCUT2D eigenvalue weighted by Gasteiger charge is -2.11. The van der Waals surface area contributed by atoms with Crippen LogP contribution in [0.25, 0.3) is 0 Å². The summed E-state index contributed by atoms with van der Waals surface area (Å²) in [5, 5.41) is 13.6. The Morgan fingerprint density at radius 3 is 2.53 bits per heavy atom. The molecule has 0 fully saturated rings. The van der Waals surface area contributed by atoms with Crippen molar-refractivity contribution >= 4 is 27.3 Å². The highest BCUT2D eigenvalue weighted by Crippen LogP contribution is 2.27. The molecule has 0 saturated carbocycles. The summed E-state index contributed by atoms with van der Waals surface area (Å²) in [4.78, 5) is 22.8. The molecule has 1 aromatic heterocycles. The number of anilines is 1. The number of ether oxygens (including phenoxy) is 1. The molecule has 0 aliphatic heterocycles. The van der Waals surface area contributed by atoms with Gasteiger partial charge in [-0.3, -0.25) is 14.9 Å².